The van der Waals surface area contributed by atoms with Gasteiger partial charge in [0.2, 0.25) is 11.8 Å². The second-order valence-electron chi connectivity index (χ2n) is 6.77. The average Bonchev–Trinajstić information content (AvgIpc) is 3.02. The van der Waals surface area contributed by atoms with Crippen LogP contribution in [-0.4, -0.2) is 49.5 Å². The molecule has 0 aromatic heterocycles. The lowest BCUT2D eigenvalue weighted by Gasteiger charge is -2.19. The number of guanidine groups is 1. The van der Waals surface area contributed by atoms with Crippen molar-refractivity contribution in [3.63, 3.8) is 0 Å². The van der Waals surface area contributed by atoms with E-state index in [1.165, 1.54) is 0 Å². The van der Waals surface area contributed by atoms with Crippen molar-refractivity contribution in [2.24, 2.45) is 4.99 Å². The third kappa shape index (κ3) is 6.58. The lowest BCUT2D eigenvalue weighted by molar-refractivity contribution is -0.121. The number of rotatable bonds is 8. The first-order valence-electron chi connectivity index (χ1n) is 9.73. The molecule has 1 aromatic rings. The molecule has 0 saturated carbocycles. The lowest BCUT2D eigenvalue weighted by Crippen LogP contribution is -2.44. The standard InChI is InChI=1S/C20H31N5O2/c1-4-15(3)23-18(26)11-12-22-20(21-5-2)24-16-13-19(27)25(14-16)17-9-7-6-8-10-17/h6-10,15-16H,4-5,11-14H2,1-3H3,(H,23,26)(H2,21,22,24). The maximum absolute atomic E-state index is 12.3. The van der Waals surface area contributed by atoms with Crippen molar-refractivity contribution in [1.29, 1.82) is 0 Å². The number of aliphatic imine (C=N–C) groups is 1. The van der Waals surface area contributed by atoms with Crippen molar-refractivity contribution < 1.29 is 9.59 Å². The number of nitrogens with one attached hydrogen (secondary N) is 3. The van der Waals surface area contributed by atoms with Crippen LogP contribution in [0.15, 0.2) is 35.3 Å². The molecule has 2 atom stereocenters. The van der Waals surface area contributed by atoms with Crippen molar-refractivity contribution in [1.82, 2.24) is 16.0 Å². The number of para-hydroxylation sites is 1. The SMILES string of the molecule is CCNC(=NCCC(=O)NC(C)CC)NC1CC(=O)N(c2ccccc2)C1. The van der Waals surface area contributed by atoms with Crippen LogP contribution in [0.5, 0.6) is 0 Å². The number of hydrogen-bond acceptors (Lipinski definition) is 3. The summed E-state index contributed by atoms with van der Waals surface area (Å²) >= 11 is 0. The van der Waals surface area contributed by atoms with Gasteiger partial charge in [0.05, 0.1) is 12.6 Å². The van der Waals surface area contributed by atoms with Gasteiger partial charge in [0.25, 0.3) is 0 Å². The molecule has 2 rings (SSSR count). The molecule has 0 radical (unpaired) electrons. The molecule has 1 aliphatic heterocycles. The number of carbonyl (C=O) groups is 2. The first-order valence-corrected chi connectivity index (χ1v) is 9.73. The number of amides is 2. The summed E-state index contributed by atoms with van der Waals surface area (Å²) in [6, 6.07) is 9.85. The molecule has 0 spiro atoms. The van der Waals surface area contributed by atoms with E-state index in [1.54, 1.807) is 4.90 Å². The molecule has 27 heavy (non-hydrogen) atoms. The predicted octanol–water partition coefficient (Wildman–Crippen LogP) is 1.65. The van der Waals surface area contributed by atoms with Crippen molar-refractivity contribution in [2.45, 2.75) is 52.1 Å². The summed E-state index contributed by atoms with van der Waals surface area (Å²) in [6.45, 7) is 7.74. The summed E-state index contributed by atoms with van der Waals surface area (Å²) in [7, 11) is 0. The van der Waals surface area contributed by atoms with Crippen molar-refractivity contribution in [3.8, 4) is 0 Å². The van der Waals surface area contributed by atoms with Gasteiger partial charge in [0.1, 0.15) is 0 Å². The van der Waals surface area contributed by atoms with Gasteiger partial charge in [-0.25, -0.2) is 0 Å². The van der Waals surface area contributed by atoms with Crippen LogP contribution in [0, 0.1) is 0 Å². The molecule has 0 bridgehead atoms. The van der Waals surface area contributed by atoms with Gasteiger partial charge < -0.3 is 20.9 Å². The highest BCUT2D eigenvalue weighted by atomic mass is 16.2. The monoisotopic (exact) mass is 373 g/mol. The molecule has 148 valence electrons. The van der Waals surface area contributed by atoms with Gasteiger partial charge >= 0.3 is 0 Å². The summed E-state index contributed by atoms with van der Waals surface area (Å²) < 4.78 is 0. The predicted molar refractivity (Wildman–Crippen MR) is 109 cm³/mol. The van der Waals surface area contributed by atoms with Crippen molar-refractivity contribution in [2.75, 3.05) is 24.5 Å². The molecule has 2 unspecified atom stereocenters. The topological polar surface area (TPSA) is 85.8 Å². The maximum Gasteiger partial charge on any atom is 0.229 e. The number of benzene rings is 1. The molecular weight excluding hydrogens is 342 g/mol. The van der Waals surface area contributed by atoms with Gasteiger partial charge in [0, 0.05) is 37.7 Å². The lowest BCUT2D eigenvalue weighted by atomic mass is 10.2. The Labute approximate surface area is 161 Å². The second kappa shape index (κ2) is 10.5. The molecule has 3 N–H and O–H groups in total. The molecule has 1 aromatic carbocycles. The summed E-state index contributed by atoms with van der Waals surface area (Å²) in [5, 5.41) is 9.44. The van der Waals surface area contributed by atoms with E-state index >= 15 is 0 Å². The van der Waals surface area contributed by atoms with E-state index in [0.717, 1.165) is 12.1 Å². The Morgan fingerprint density at radius 1 is 1.30 bits per heavy atom. The van der Waals surface area contributed by atoms with Gasteiger partial charge in [-0.3, -0.25) is 14.6 Å². The first-order chi connectivity index (χ1) is 13.0. The average molecular weight is 374 g/mol. The van der Waals surface area contributed by atoms with Gasteiger partial charge in [-0.2, -0.15) is 0 Å². The quantitative estimate of drug-likeness (QED) is 0.478. The Hall–Kier alpha value is -2.57. The molecule has 1 fully saturated rings. The van der Waals surface area contributed by atoms with E-state index in [1.807, 2.05) is 51.1 Å². The van der Waals surface area contributed by atoms with Gasteiger partial charge in [0.15, 0.2) is 5.96 Å². The molecule has 1 heterocycles. The fraction of sp³-hybridized carbons (Fsp3) is 0.550. The molecule has 1 saturated heterocycles. The highest BCUT2D eigenvalue weighted by Crippen LogP contribution is 2.20. The fourth-order valence-electron chi connectivity index (χ4n) is 2.89. The first kappa shape index (κ1) is 20.7. The third-order valence-corrected chi connectivity index (χ3v) is 4.51. The van der Waals surface area contributed by atoms with E-state index in [9.17, 15) is 9.59 Å². The summed E-state index contributed by atoms with van der Waals surface area (Å²) in [6.07, 6.45) is 1.68. The largest absolute Gasteiger partial charge is 0.357 e. The van der Waals surface area contributed by atoms with E-state index in [-0.39, 0.29) is 23.9 Å². The number of anilines is 1. The molecule has 2 amide bonds. The van der Waals surface area contributed by atoms with E-state index in [4.69, 9.17) is 0 Å². The smallest absolute Gasteiger partial charge is 0.229 e. The highest BCUT2D eigenvalue weighted by Gasteiger charge is 2.31. The van der Waals surface area contributed by atoms with Crippen LogP contribution in [0.2, 0.25) is 0 Å². The molecule has 0 aliphatic carbocycles. The summed E-state index contributed by atoms with van der Waals surface area (Å²) in [5.74, 6) is 0.749. The van der Waals surface area contributed by atoms with Gasteiger partial charge in [-0.15, -0.1) is 0 Å². The molecule has 7 nitrogen and oxygen atoms in total. The minimum absolute atomic E-state index is 0.00949. The number of hydrogen-bond donors (Lipinski definition) is 3. The van der Waals surface area contributed by atoms with Gasteiger partial charge in [-0.1, -0.05) is 25.1 Å². The zero-order chi connectivity index (χ0) is 19.6. The van der Waals surface area contributed by atoms with Crippen LogP contribution in [0.25, 0.3) is 0 Å². The van der Waals surface area contributed by atoms with Crippen LogP contribution in [0.3, 0.4) is 0 Å². The normalized spacial score (nSPS) is 18.3. The van der Waals surface area contributed by atoms with E-state index in [2.05, 4.69) is 20.9 Å². The second-order valence-corrected chi connectivity index (χ2v) is 6.77. The van der Waals surface area contributed by atoms with E-state index in [0.29, 0.717) is 38.4 Å². The van der Waals surface area contributed by atoms with Gasteiger partial charge in [-0.05, 0) is 32.4 Å². The zero-order valence-corrected chi connectivity index (χ0v) is 16.5. The fourth-order valence-corrected chi connectivity index (χ4v) is 2.89. The minimum atomic E-state index is -0.00977. The van der Waals surface area contributed by atoms with Crippen molar-refractivity contribution in [3.05, 3.63) is 30.3 Å². The van der Waals surface area contributed by atoms with Crippen LogP contribution in [0.4, 0.5) is 5.69 Å². The summed E-state index contributed by atoms with van der Waals surface area (Å²) in [4.78, 5) is 30.5. The van der Waals surface area contributed by atoms with E-state index < -0.39 is 0 Å². The van der Waals surface area contributed by atoms with Crippen LogP contribution in [0.1, 0.15) is 40.0 Å². The number of nitrogens with zero attached hydrogens (tertiary/aromatic N) is 2. The highest BCUT2D eigenvalue weighted by molar-refractivity contribution is 5.97. The molecular formula is C20H31N5O2. The Bertz CT molecular complexity index is 647. The Balaban J connectivity index is 1.88. The Morgan fingerprint density at radius 2 is 2.04 bits per heavy atom. The zero-order valence-electron chi connectivity index (χ0n) is 16.5. The summed E-state index contributed by atoms with van der Waals surface area (Å²) in [5.41, 5.74) is 0.912. The van der Waals surface area contributed by atoms with Crippen LogP contribution in [-0.2, 0) is 9.59 Å². The van der Waals surface area contributed by atoms with Crippen LogP contribution >= 0.6 is 0 Å². The minimum Gasteiger partial charge on any atom is -0.357 e. The maximum atomic E-state index is 12.3. The molecule has 1 aliphatic rings. The Kier molecular flexibility index (Phi) is 8.10. The Morgan fingerprint density at radius 3 is 2.70 bits per heavy atom. The number of carbonyl (C=O) groups excluding carboxylic acids is 2. The van der Waals surface area contributed by atoms with Crippen molar-refractivity contribution >= 4 is 23.5 Å². The third-order valence-electron chi connectivity index (χ3n) is 4.51. The molecule has 7 heteroatoms. The van der Waals surface area contributed by atoms with Crippen LogP contribution < -0.4 is 20.9 Å².